The van der Waals surface area contributed by atoms with Crippen LogP contribution in [-0.4, -0.2) is 69.8 Å². The van der Waals surface area contributed by atoms with Crippen molar-refractivity contribution in [1.29, 1.82) is 0 Å². The van der Waals surface area contributed by atoms with Crippen LogP contribution in [0, 0.1) is 0 Å². The van der Waals surface area contributed by atoms with Gasteiger partial charge in [-0.2, -0.15) is 9.40 Å². The summed E-state index contributed by atoms with van der Waals surface area (Å²) in [5, 5.41) is 12.2. The molecule has 0 spiro atoms. The molecule has 36 heavy (non-hydrogen) atoms. The van der Waals surface area contributed by atoms with Crippen molar-refractivity contribution in [2.75, 3.05) is 30.7 Å². The van der Waals surface area contributed by atoms with E-state index >= 15 is 0 Å². The monoisotopic (exact) mass is 533 g/mol. The lowest BCUT2D eigenvalue weighted by Crippen LogP contribution is -2.31. The molecule has 0 radical (unpaired) electrons. The van der Waals surface area contributed by atoms with E-state index in [1.165, 1.54) is 28.6 Å². The van der Waals surface area contributed by atoms with Crippen molar-refractivity contribution in [1.82, 2.24) is 29.4 Å². The first-order valence-electron chi connectivity index (χ1n) is 12.2. The Bertz CT molecular complexity index is 1270. The van der Waals surface area contributed by atoms with E-state index in [1.807, 2.05) is 0 Å². The standard InChI is InChI=1S/C24H35N7O3S2/c1-6-15-35-24-28-21(27-17(4)5)20-16-26-31(22(20)29-24)14-13-25-23(32)18-9-11-19(12-10-18)36(33,34)30(7-2)8-3/h9-12,16-17H,6-8,13-15H2,1-5H3,(H,25,32)(H,27,28,29). The van der Waals surface area contributed by atoms with Crippen LogP contribution < -0.4 is 10.6 Å². The van der Waals surface area contributed by atoms with Gasteiger partial charge < -0.3 is 10.6 Å². The zero-order valence-corrected chi connectivity index (χ0v) is 23.1. The Kier molecular flexibility index (Phi) is 9.69. The number of carbonyl (C=O) groups is 1. The number of hydrogen-bond acceptors (Lipinski definition) is 8. The number of aromatic nitrogens is 4. The molecular formula is C24H35N7O3S2. The quantitative estimate of drug-likeness (QED) is 0.252. The zero-order valence-electron chi connectivity index (χ0n) is 21.5. The number of fused-ring (bicyclic) bond motifs is 1. The molecule has 12 heteroatoms. The molecule has 0 aliphatic rings. The summed E-state index contributed by atoms with van der Waals surface area (Å²) in [6.45, 7) is 11.4. The lowest BCUT2D eigenvalue weighted by atomic mass is 10.2. The number of amides is 1. The summed E-state index contributed by atoms with van der Waals surface area (Å²) in [5.74, 6) is 1.39. The predicted molar refractivity (Wildman–Crippen MR) is 144 cm³/mol. The van der Waals surface area contributed by atoms with E-state index in [-0.39, 0.29) is 16.8 Å². The van der Waals surface area contributed by atoms with Gasteiger partial charge in [0.2, 0.25) is 10.0 Å². The molecule has 3 rings (SSSR count). The molecule has 0 fully saturated rings. The van der Waals surface area contributed by atoms with E-state index in [4.69, 9.17) is 4.98 Å². The van der Waals surface area contributed by atoms with Gasteiger partial charge in [-0.3, -0.25) is 4.79 Å². The third-order valence-electron chi connectivity index (χ3n) is 5.41. The average Bonchev–Trinajstić information content (AvgIpc) is 3.26. The first kappa shape index (κ1) is 27.9. The van der Waals surface area contributed by atoms with E-state index in [0.29, 0.717) is 42.5 Å². The minimum atomic E-state index is -3.56. The van der Waals surface area contributed by atoms with Gasteiger partial charge >= 0.3 is 0 Å². The number of anilines is 1. The van der Waals surface area contributed by atoms with Crippen molar-refractivity contribution in [2.24, 2.45) is 0 Å². The third kappa shape index (κ3) is 6.54. The second-order valence-corrected chi connectivity index (χ2v) is 11.5. The van der Waals surface area contributed by atoms with Crippen LogP contribution >= 0.6 is 11.8 Å². The van der Waals surface area contributed by atoms with Gasteiger partial charge in [0.05, 0.1) is 23.0 Å². The molecule has 1 aromatic carbocycles. The zero-order chi connectivity index (χ0) is 26.3. The van der Waals surface area contributed by atoms with Crippen LogP contribution in [0.2, 0.25) is 0 Å². The molecule has 0 unspecified atom stereocenters. The van der Waals surface area contributed by atoms with Crippen LogP contribution in [0.15, 0.2) is 40.5 Å². The summed E-state index contributed by atoms with van der Waals surface area (Å²) in [6.07, 6.45) is 2.76. The van der Waals surface area contributed by atoms with E-state index < -0.39 is 10.0 Å². The Labute approximate surface area is 217 Å². The third-order valence-corrected chi connectivity index (χ3v) is 8.52. The highest BCUT2D eigenvalue weighted by Crippen LogP contribution is 2.25. The van der Waals surface area contributed by atoms with Crippen LogP contribution in [0.3, 0.4) is 0 Å². The molecule has 0 saturated heterocycles. The van der Waals surface area contributed by atoms with E-state index in [0.717, 1.165) is 23.4 Å². The topological polar surface area (TPSA) is 122 Å². The number of sulfonamides is 1. The molecular weight excluding hydrogens is 498 g/mol. The highest BCUT2D eigenvalue weighted by molar-refractivity contribution is 7.99. The first-order chi connectivity index (χ1) is 17.2. The van der Waals surface area contributed by atoms with E-state index in [1.54, 1.807) is 36.5 Å². The van der Waals surface area contributed by atoms with Gasteiger partial charge in [0, 0.05) is 37.0 Å². The molecule has 0 aliphatic heterocycles. The maximum absolute atomic E-state index is 12.7. The molecule has 10 nitrogen and oxygen atoms in total. The van der Waals surface area contributed by atoms with Gasteiger partial charge in [0.1, 0.15) is 5.82 Å². The van der Waals surface area contributed by atoms with Gasteiger partial charge in [-0.1, -0.05) is 32.5 Å². The molecule has 2 heterocycles. The summed E-state index contributed by atoms with van der Waals surface area (Å²) in [4.78, 5) is 22.2. The minimum Gasteiger partial charge on any atom is -0.367 e. The number of nitrogens with one attached hydrogen (secondary N) is 2. The summed E-state index contributed by atoms with van der Waals surface area (Å²) in [6, 6.07) is 6.22. The fourth-order valence-corrected chi connectivity index (χ4v) is 5.76. The van der Waals surface area contributed by atoms with Crippen molar-refractivity contribution >= 4 is 44.5 Å². The van der Waals surface area contributed by atoms with Crippen molar-refractivity contribution in [2.45, 2.75) is 63.7 Å². The Morgan fingerprint density at radius 1 is 1.11 bits per heavy atom. The summed E-state index contributed by atoms with van der Waals surface area (Å²) in [7, 11) is -3.56. The summed E-state index contributed by atoms with van der Waals surface area (Å²) in [5.41, 5.74) is 1.11. The SMILES string of the molecule is CCCSc1nc(NC(C)C)c2cnn(CCNC(=O)c3ccc(S(=O)(=O)N(CC)CC)cc3)c2n1. The molecule has 0 atom stereocenters. The fraction of sp³-hybridized carbons (Fsp3) is 0.500. The smallest absolute Gasteiger partial charge is 0.251 e. The maximum Gasteiger partial charge on any atom is 0.251 e. The molecule has 0 aliphatic carbocycles. The Balaban J connectivity index is 1.70. The Morgan fingerprint density at radius 3 is 2.42 bits per heavy atom. The molecule has 1 amide bonds. The molecule has 196 valence electrons. The normalized spacial score (nSPS) is 12.0. The number of nitrogens with zero attached hydrogens (tertiary/aromatic N) is 5. The minimum absolute atomic E-state index is 0.174. The fourth-order valence-electron chi connectivity index (χ4n) is 3.61. The van der Waals surface area contributed by atoms with Gasteiger partial charge in [0.25, 0.3) is 5.91 Å². The van der Waals surface area contributed by atoms with Crippen LogP contribution in [0.4, 0.5) is 5.82 Å². The van der Waals surface area contributed by atoms with E-state index in [2.05, 4.69) is 41.5 Å². The second kappa shape index (κ2) is 12.5. The predicted octanol–water partition coefficient (Wildman–Crippen LogP) is 3.61. The van der Waals surface area contributed by atoms with Gasteiger partial charge in [0.15, 0.2) is 10.8 Å². The first-order valence-corrected chi connectivity index (χ1v) is 14.6. The highest BCUT2D eigenvalue weighted by Gasteiger charge is 2.21. The van der Waals surface area contributed by atoms with Gasteiger partial charge in [-0.05, 0) is 44.5 Å². The molecule has 3 aromatic rings. The number of benzene rings is 1. The van der Waals surface area contributed by atoms with Crippen molar-refractivity contribution in [3.05, 3.63) is 36.0 Å². The lowest BCUT2D eigenvalue weighted by molar-refractivity contribution is 0.0952. The number of thioether (sulfide) groups is 1. The molecule has 0 saturated carbocycles. The van der Waals surface area contributed by atoms with Crippen LogP contribution in [0.1, 0.15) is 51.4 Å². The summed E-state index contributed by atoms with van der Waals surface area (Å²) >= 11 is 1.60. The van der Waals surface area contributed by atoms with Crippen LogP contribution in [0.5, 0.6) is 0 Å². The Morgan fingerprint density at radius 2 is 1.81 bits per heavy atom. The largest absolute Gasteiger partial charge is 0.367 e. The second-order valence-electron chi connectivity index (χ2n) is 8.48. The van der Waals surface area contributed by atoms with Crippen LogP contribution in [-0.2, 0) is 16.6 Å². The van der Waals surface area contributed by atoms with Crippen molar-refractivity contribution in [3.8, 4) is 0 Å². The average molecular weight is 534 g/mol. The number of rotatable bonds is 13. The van der Waals surface area contributed by atoms with Gasteiger partial charge in [-0.15, -0.1) is 0 Å². The lowest BCUT2D eigenvalue weighted by Gasteiger charge is -2.18. The Hall–Kier alpha value is -2.70. The van der Waals surface area contributed by atoms with Crippen molar-refractivity contribution in [3.63, 3.8) is 0 Å². The molecule has 0 bridgehead atoms. The van der Waals surface area contributed by atoms with Crippen molar-refractivity contribution < 1.29 is 13.2 Å². The molecule has 2 aromatic heterocycles. The van der Waals surface area contributed by atoms with E-state index in [9.17, 15) is 13.2 Å². The van der Waals surface area contributed by atoms with Crippen LogP contribution in [0.25, 0.3) is 11.0 Å². The number of carbonyl (C=O) groups excluding carboxylic acids is 1. The number of hydrogen-bond donors (Lipinski definition) is 2. The van der Waals surface area contributed by atoms with Gasteiger partial charge in [-0.25, -0.2) is 23.1 Å². The highest BCUT2D eigenvalue weighted by atomic mass is 32.2. The molecule has 2 N–H and O–H groups in total. The summed E-state index contributed by atoms with van der Waals surface area (Å²) < 4.78 is 28.4. The maximum atomic E-state index is 12.7.